The Labute approximate surface area is 75.9 Å². The molecule has 12 heavy (non-hydrogen) atoms. The molecule has 0 radical (unpaired) electrons. The second-order valence-electron chi connectivity index (χ2n) is 2.80. The van der Waals surface area contributed by atoms with Crippen molar-refractivity contribution in [3.8, 4) is 0 Å². The van der Waals surface area contributed by atoms with Crippen LogP contribution in [-0.2, 0) is 0 Å². The lowest BCUT2D eigenvalue weighted by Crippen LogP contribution is -2.44. The van der Waals surface area contributed by atoms with Crippen LogP contribution in [0.3, 0.4) is 0 Å². The molecule has 1 rings (SSSR count). The van der Waals surface area contributed by atoms with Crippen molar-refractivity contribution in [2.45, 2.75) is 27.2 Å². The zero-order chi connectivity index (χ0) is 9.40. The molecule has 0 aromatic heterocycles. The third-order valence-corrected chi connectivity index (χ3v) is 1.89. The fourth-order valence-corrected chi connectivity index (χ4v) is 1.28. The molecule has 0 spiro atoms. The molecule has 0 unspecified atom stereocenters. The smallest absolute Gasteiger partial charge is 0.0366 e. The van der Waals surface area contributed by atoms with Crippen molar-refractivity contribution in [1.82, 2.24) is 9.96 Å². The van der Waals surface area contributed by atoms with Gasteiger partial charge >= 0.3 is 0 Å². The molecule has 1 aliphatic heterocycles. The molecule has 0 aliphatic carbocycles. The molecule has 1 saturated heterocycles. The molecule has 0 aromatic rings. The average molecular weight is 174 g/mol. The van der Waals surface area contributed by atoms with E-state index in [0.717, 1.165) is 26.2 Å². The highest BCUT2D eigenvalue weighted by Gasteiger charge is 2.12. The first-order chi connectivity index (χ1) is 5.83. The molecule has 0 atom stereocenters. The van der Waals surface area contributed by atoms with Gasteiger partial charge in [-0.2, -0.15) is 5.06 Å². The van der Waals surface area contributed by atoms with Crippen LogP contribution in [0.5, 0.6) is 0 Å². The summed E-state index contributed by atoms with van der Waals surface area (Å²) >= 11 is 0. The van der Waals surface area contributed by atoms with Crippen LogP contribution in [0.1, 0.15) is 27.2 Å². The number of hydrogen-bond acceptors (Lipinski definition) is 3. The van der Waals surface area contributed by atoms with Crippen molar-refractivity contribution in [3.63, 3.8) is 0 Å². The summed E-state index contributed by atoms with van der Waals surface area (Å²) in [6.45, 7) is 11.0. The van der Waals surface area contributed by atoms with E-state index in [4.69, 9.17) is 5.21 Å². The molecule has 0 saturated carbocycles. The Kier molecular flexibility index (Phi) is 7.45. The van der Waals surface area contributed by atoms with Crippen molar-refractivity contribution in [1.29, 1.82) is 0 Å². The highest BCUT2D eigenvalue weighted by Crippen LogP contribution is 1.98. The van der Waals surface area contributed by atoms with E-state index in [-0.39, 0.29) is 0 Å². The maximum atomic E-state index is 9.00. The molecule has 1 N–H and O–H groups in total. The second-order valence-corrected chi connectivity index (χ2v) is 2.80. The number of rotatable bonds is 2. The monoisotopic (exact) mass is 174 g/mol. The van der Waals surface area contributed by atoms with E-state index in [1.807, 2.05) is 13.8 Å². The van der Waals surface area contributed by atoms with E-state index >= 15 is 0 Å². The molecule has 1 fully saturated rings. The van der Waals surface area contributed by atoms with E-state index in [1.165, 1.54) is 18.0 Å². The second kappa shape index (κ2) is 7.53. The normalized spacial score (nSPS) is 20.0. The molecule has 0 aromatic carbocycles. The van der Waals surface area contributed by atoms with Gasteiger partial charge in [-0.15, -0.1) is 0 Å². The fraction of sp³-hybridized carbons (Fsp3) is 1.00. The van der Waals surface area contributed by atoms with Gasteiger partial charge in [0.1, 0.15) is 0 Å². The number of nitrogens with zero attached hydrogens (tertiary/aromatic N) is 2. The van der Waals surface area contributed by atoms with Gasteiger partial charge in [-0.05, 0) is 13.0 Å². The minimum atomic E-state index is 0.806. The van der Waals surface area contributed by atoms with Crippen molar-refractivity contribution < 1.29 is 5.21 Å². The largest absolute Gasteiger partial charge is 0.314 e. The minimum absolute atomic E-state index is 0.806. The molecule has 1 aliphatic rings. The SMILES string of the molecule is CC.CCCN1CCN(O)CC1. The van der Waals surface area contributed by atoms with Crippen molar-refractivity contribution in [2.24, 2.45) is 0 Å². The standard InChI is InChI=1S/C7H16N2O.C2H6/c1-2-3-8-4-6-9(10)7-5-8;1-2/h10H,2-7H2,1H3;1-2H3. The summed E-state index contributed by atoms with van der Waals surface area (Å²) < 4.78 is 0. The Hall–Kier alpha value is -0.120. The minimum Gasteiger partial charge on any atom is -0.314 e. The third kappa shape index (κ3) is 4.70. The molecule has 0 bridgehead atoms. The molecule has 74 valence electrons. The van der Waals surface area contributed by atoms with Gasteiger partial charge < -0.3 is 10.1 Å². The van der Waals surface area contributed by atoms with Crippen LogP contribution >= 0.6 is 0 Å². The van der Waals surface area contributed by atoms with Crippen LogP contribution in [0.15, 0.2) is 0 Å². The summed E-state index contributed by atoms with van der Waals surface area (Å²) in [5.74, 6) is 0. The van der Waals surface area contributed by atoms with Gasteiger partial charge in [0.15, 0.2) is 0 Å². The average Bonchev–Trinajstić information content (AvgIpc) is 2.13. The van der Waals surface area contributed by atoms with Crippen LogP contribution in [0, 0.1) is 0 Å². The lowest BCUT2D eigenvalue weighted by Gasteiger charge is -2.30. The zero-order valence-corrected chi connectivity index (χ0v) is 8.58. The summed E-state index contributed by atoms with van der Waals surface area (Å²) in [6.07, 6.45) is 1.21. The molecule has 3 nitrogen and oxygen atoms in total. The Morgan fingerprint density at radius 1 is 1.08 bits per heavy atom. The quantitative estimate of drug-likeness (QED) is 0.686. The Morgan fingerprint density at radius 3 is 2.00 bits per heavy atom. The fourth-order valence-electron chi connectivity index (χ4n) is 1.28. The first kappa shape index (κ1) is 11.9. The van der Waals surface area contributed by atoms with Crippen molar-refractivity contribution >= 4 is 0 Å². The van der Waals surface area contributed by atoms with E-state index < -0.39 is 0 Å². The predicted molar refractivity (Wildman–Crippen MR) is 51.4 cm³/mol. The summed E-state index contributed by atoms with van der Waals surface area (Å²) in [5.41, 5.74) is 0. The van der Waals surface area contributed by atoms with E-state index in [2.05, 4.69) is 11.8 Å². The number of hydrogen-bond donors (Lipinski definition) is 1. The van der Waals surface area contributed by atoms with E-state index in [1.54, 1.807) is 0 Å². The maximum absolute atomic E-state index is 9.00. The van der Waals surface area contributed by atoms with Gasteiger partial charge in [0.25, 0.3) is 0 Å². The Balaban J connectivity index is 0.000000561. The lowest BCUT2D eigenvalue weighted by atomic mass is 10.3. The summed E-state index contributed by atoms with van der Waals surface area (Å²) in [5, 5.41) is 10.4. The van der Waals surface area contributed by atoms with Gasteiger partial charge in [-0.25, -0.2) is 0 Å². The van der Waals surface area contributed by atoms with Crippen LogP contribution in [0.4, 0.5) is 0 Å². The molecule has 1 heterocycles. The Morgan fingerprint density at radius 2 is 1.58 bits per heavy atom. The maximum Gasteiger partial charge on any atom is 0.0366 e. The highest BCUT2D eigenvalue weighted by atomic mass is 16.5. The molecular formula is C9H22N2O. The van der Waals surface area contributed by atoms with Crippen LogP contribution < -0.4 is 0 Å². The topological polar surface area (TPSA) is 26.7 Å². The molecular weight excluding hydrogens is 152 g/mol. The van der Waals surface area contributed by atoms with E-state index in [0.29, 0.717) is 0 Å². The zero-order valence-electron chi connectivity index (χ0n) is 8.58. The number of piperazine rings is 1. The Bertz CT molecular complexity index is 90.5. The highest BCUT2D eigenvalue weighted by molar-refractivity contribution is 4.65. The number of hydroxylamine groups is 2. The van der Waals surface area contributed by atoms with Crippen molar-refractivity contribution in [2.75, 3.05) is 32.7 Å². The van der Waals surface area contributed by atoms with Crippen molar-refractivity contribution in [3.05, 3.63) is 0 Å². The summed E-state index contributed by atoms with van der Waals surface area (Å²) in [6, 6.07) is 0. The summed E-state index contributed by atoms with van der Waals surface area (Å²) in [7, 11) is 0. The third-order valence-electron chi connectivity index (χ3n) is 1.89. The van der Waals surface area contributed by atoms with Gasteiger partial charge in [-0.3, -0.25) is 0 Å². The first-order valence-electron chi connectivity index (χ1n) is 4.99. The van der Waals surface area contributed by atoms with Gasteiger partial charge in [-0.1, -0.05) is 20.8 Å². The molecule has 0 amide bonds. The van der Waals surface area contributed by atoms with Crippen LogP contribution in [0.2, 0.25) is 0 Å². The van der Waals surface area contributed by atoms with Gasteiger partial charge in [0, 0.05) is 26.2 Å². The lowest BCUT2D eigenvalue weighted by molar-refractivity contribution is -0.117. The first-order valence-corrected chi connectivity index (χ1v) is 4.99. The summed E-state index contributed by atoms with van der Waals surface area (Å²) in [4.78, 5) is 2.38. The predicted octanol–water partition coefficient (Wildman–Crippen LogP) is 1.43. The van der Waals surface area contributed by atoms with Crippen LogP contribution in [0.25, 0.3) is 0 Å². The van der Waals surface area contributed by atoms with E-state index in [9.17, 15) is 0 Å². The van der Waals surface area contributed by atoms with Gasteiger partial charge in [0.05, 0.1) is 0 Å². The van der Waals surface area contributed by atoms with Gasteiger partial charge in [0.2, 0.25) is 0 Å². The molecule has 3 heteroatoms. The van der Waals surface area contributed by atoms with Crippen LogP contribution in [-0.4, -0.2) is 47.9 Å².